The number of hydrogen-bond acceptors (Lipinski definition) is 3. The maximum absolute atomic E-state index is 11.4. The third kappa shape index (κ3) is 6.96. The first-order valence-electron chi connectivity index (χ1n) is 5.85. The van der Waals surface area contributed by atoms with Crippen molar-refractivity contribution < 1.29 is 14.7 Å². The first-order valence-corrected chi connectivity index (χ1v) is 6.83. The molecule has 98 valence electrons. The molecule has 1 rings (SSSR count). The molecule has 0 aliphatic rings. The third-order valence-electron chi connectivity index (χ3n) is 2.23. The number of benzene rings is 1. The minimum atomic E-state index is -0.830. The Bertz CT molecular complexity index is 381. The Balaban J connectivity index is 2.05. The van der Waals surface area contributed by atoms with Gasteiger partial charge >= 0.3 is 5.97 Å². The molecule has 0 spiro atoms. The number of nitrogens with one attached hydrogen (secondary N) is 1. The van der Waals surface area contributed by atoms with Crippen LogP contribution in [-0.2, 0) is 9.59 Å². The molecule has 0 atom stereocenters. The summed E-state index contributed by atoms with van der Waals surface area (Å²) in [5, 5.41) is 11.1. The minimum absolute atomic E-state index is 0.0242. The van der Waals surface area contributed by atoms with Crippen LogP contribution in [0.15, 0.2) is 35.2 Å². The number of thioether (sulfide) groups is 1. The quantitative estimate of drug-likeness (QED) is 0.559. The predicted octanol–water partition coefficient (Wildman–Crippen LogP) is 2.15. The van der Waals surface area contributed by atoms with E-state index in [1.807, 2.05) is 30.3 Å². The van der Waals surface area contributed by atoms with Crippen LogP contribution >= 0.6 is 11.8 Å². The van der Waals surface area contributed by atoms with Crippen LogP contribution in [0.4, 0.5) is 0 Å². The number of carboxylic acid groups (broad SMARTS) is 1. The van der Waals surface area contributed by atoms with E-state index in [9.17, 15) is 9.59 Å². The van der Waals surface area contributed by atoms with Crippen LogP contribution in [0.25, 0.3) is 0 Å². The lowest BCUT2D eigenvalue weighted by atomic mass is 10.3. The Morgan fingerprint density at radius 2 is 1.89 bits per heavy atom. The van der Waals surface area contributed by atoms with Gasteiger partial charge < -0.3 is 10.4 Å². The van der Waals surface area contributed by atoms with E-state index in [0.29, 0.717) is 19.4 Å². The van der Waals surface area contributed by atoms with Gasteiger partial charge in [-0.05, 0) is 18.6 Å². The Labute approximate surface area is 111 Å². The molecule has 4 nitrogen and oxygen atoms in total. The van der Waals surface area contributed by atoms with Crippen molar-refractivity contribution in [2.45, 2.75) is 24.2 Å². The lowest BCUT2D eigenvalue weighted by Gasteiger charge is -2.04. The molecule has 0 aliphatic heterocycles. The average molecular weight is 267 g/mol. The zero-order valence-corrected chi connectivity index (χ0v) is 10.9. The van der Waals surface area contributed by atoms with Crippen LogP contribution in [-0.4, -0.2) is 29.3 Å². The van der Waals surface area contributed by atoms with Crippen LogP contribution in [0.3, 0.4) is 0 Å². The molecule has 0 radical (unpaired) electrons. The molecule has 5 heteroatoms. The van der Waals surface area contributed by atoms with Gasteiger partial charge in [-0.1, -0.05) is 18.2 Å². The number of aliphatic carboxylic acids is 1. The largest absolute Gasteiger partial charge is 0.481 e. The zero-order chi connectivity index (χ0) is 13.2. The van der Waals surface area contributed by atoms with Gasteiger partial charge in [0.15, 0.2) is 0 Å². The first kappa shape index (κ1) is 14.6. The van der Waals surface area contributed by atoms with E-state index in [0.717, 1.165) is 10.6 Å². The number of rotatable bonds is 8. The van der Waals surface area contributed by atoms with Gasteiger partial charge in [0.25, 0.3) is 0 Å². The fraction of sp³-hybridized carbons (Fsp3) is 0.385. The summed E-state index contributed by atoms with van der Waals surface area (Å²) in [6.07, 6.45) is 1.03. The van der Waals surface area contributed by atoms with Crippen molar-refractivity contribution in [3.05, 3.63) is 30.3 Å². The van der Waals surface area contributed by atoms with Crippen molar-refractivity contribution >= 4 is 23.6 Å². The summed E-state index contributed by atoms with van der Waals surface area (Å²) in [6, 6.07) is 9.91. The van der Waals surface area contributed by atoms with Gasteiger partial charge in [0.05, 0.1) is 0 Å². The third-order valence-corrected chi connectivity index (χ3v) is 3.24. The highest BCUT2D eigenvalue weighted by Crippen LogP contribution is 2.17. The highest BCUT2D eigenvalue weighted by Gasteiger charge is 2.02. The minimum Gasteiger partial charge on any atom is -0.481 e. The highest BCUT2D eigenvalue weighted by atomic mass is 32.2. The number of carbonyl (C=O) groups is 2. The normalized spacial score (nSPS) is 10.0. The molecule has 0 fully saturated rings. The molecule has 0 aromatic heterocycles. The number of carboxylic acids is 1. The molecule has 1 amide bonds. The number of carbonyl (C=O) groups excluding carboxylic acids is 1. The Morgan fingerprint density at radius 3 is 2.56 bits per heavy atom. The molecule has 1 aromatic carbocycles. The molecule has 0 saturated carbocycles. The van der Waals surface area contributed by atoms with Crippen molar-refractivity contribution in [1.82, 2.24) is 5.32 Å². The van der Waals surface area contributed by atoms with Crippen molar-refractivity contribution in [3.63, 3.8) is 0 Å². The van der Waals surface area contributed by atoms with Crippen LogP contribution in [0.2, 0.25) is 0 Å². The highest BCUT2D eigenvalue weighted by molar-refractivity contribution is 7.99. The van der Waals surface area contributed by atoms with Crippen molar-refractivity contribution in [2.24, 2.45) is 0 Å². The summed E-state index contributed by atoms with van der Waals surface area (Å²) in [4.78, 5) is 22.8. The molecule has 2 N–H and O–H groups in total. The van der Waals surface area contributed by atoms with E-state index in [4.69, 9.17) is 5.11 Å². The fourth-order valence-corrected chi connectivity index (χ4v) is 2.21. The van der Waals surface area contributed by atoms with Crippen molar-refractivity contribution in [2.75, 3.05) is 12.3 Å². The maximum Gasteiger partial charge on any atom is 0.303 e. The maximum atomic E-state index is 11.4. The van der Waals surface area contributed by atoms with E-state index in [2.05, 4.69) is 5.32 Å². The van der Waals surface area contributed by atoms with Gasteiger partial charge in [-0.15, -0.1) is 11.8 Å². The summed E-state index contributed by atoms with van der Waals surface area (Å²) in [7, 11) is 0. The smallest absolute Gasteiger partial charge is 0.303 e. The molecule has 0 aliphatic carbocycles. The SMILES string of the molecule is O=C(O)CCCNC(=O)CCSc1ccccc1. The topological polar surface area (TPSA) is 66.4 Å². The Kier molecular flexibility index (Phi) is 6.94. The van der Waals surface area contributed by atoms with Crippen LogP contribution < -0.4 is 5.32 Å². The summed E-state index contributed by atoms with van der Waals surface area (Å²) in [5.41, 5.74) is 0. The standard InChI is InChI=1S/C13H17NO3S/c15-12(14-9-4-7-13(16)17)8-10-18-11-5-2-1-3-6-11/h1-3,5-6H,4,7-10H2,(H,14,15)(H,16,17). The molecular weight excluding hydrogens is 250 g/mol. The van der Waals surface area contributed by atoms with E-state index in [1.54, 1.807) is 11.8 Å². The Hall–Kier alpha value is -1.49. The molecule has 1 aromatic rings. The number of hydrogen-bond donors (Lipinski definition) is 2. The van der Waals surface area contributed by atoms with Gasteiger partial charge in [-0.3, -0.25) is 9.59 Å². The second-order valence-electron chi connectivity index (χ2n) is 3.76. The van der Waals surface area contributed by atoms with E-state index in [-0.39, 0.29) is 12.3 Å². The van der Waals surface area contributed by atoms with Crippen LogP contribution in [0.5, 0.6) is 0 Å². The lowest BCUT2D eigenvalue weighted by Crippen LogP contribution is -2.25. The van der Waals surface area contributed by atoms with Crippen LogP contribution in [0, 0.1) is 0 Å². The average Bonchev–Trinajstić information content (AvgIpc) is 2.36. The van der Waals surface area contributed by atoms with Crippen molar-refractivity contribution in [1.29, 1.82) is 0 Å². The number of amides is 1. The monoisotopic (exact) mass is 267 g/mol. The molecule has 18 heavy (non-hydrogen) atoms. The molecular formula is C13H17NO3S. The molecule has 0 bridgehead atoms. The summed E-state index contributed by atoms with van der Waals surface area (Å²) in [5.74, 6) is -0.123. The summed E-state index contributed by atoms with van der Waals surface area (Å²) < 4.78 is 0. The second-order valence-corrected chi connectivity index (χ2v) is 4.93. The molecule has 0 saturated heterocycles. The second kappa shape index (κ2) is 8.58. The van der Waals surface area contributed by atoms with Gasteiger partial charge in [-0.25, -0.2) is 0 Å². The van der Waals surface area contributed by atoms with Gasteiger partial charge in [-0.2, -0.15) is 0 Å². The van der Waals surface area contributed by atoms with E-state index < -0.39 is 5.97 Å². The first-order chi connectivity index (χ1) is 8.68. The molecule has 0 heterocycles. The van der Waals surface area contributed by atoms with E-state index in [1.165, 1.54) is 0 Å². The summed E-state index contributed by atoms with van der Waals surface area (Å²) in [6.45, 7) is 0.432. The molecule has 0 unspecified atom stereocenters. The van der Waals surface area contributed by atoms with Gasteiger partial charge in [0.1, 0.15) is 0 Å². The predicted molar refractivity (Wildman–Crippen MR) is 71.7 cm³/mol. The lowest BCUT2D eigenvalue weighted by molar-refractivity contribution is -0.137. The van der Waals surface area contributed by atoms with Crippen molar-refractivity contribution in [3.8, 4) is 0 Å². The van der Waals surface area contributed by atoms with E-state index >= 15 is 0 Å². The van der Waals surface area contributed by atoms with Crippen LogP contribution in [0.1, 0.15) is 19.3 Å². The Morgan fingerprint density at radius 1 is 1.17 bits per heavy atom. The van der Waals surface area contributed by atoms with Gasteiger partial charge in [0.2, 0.25) is 5.91 Å². The fourth-order valence-electron chi connectivity index (χ4n) is 1.33. The van der Waals surface area contributed by atoms with Gasteiger partial charge in [0, 0.05) is 30.0 Å². The summed E-state index contributed by atoms with van der Waals surface area (Å²) >= 11 is 1.64. The zero-order valence-electron chi connectivity index (χ0n) is 10.1.